The third-order valence-corrected chi connectivity index (χ3v) is 4.80. The van der Waals surface area contributed by atoms with Crippen LogP contribution in [0.2, 0.25) is 5.02 Å². The van der Waals surface area contributed by atoms with Crippen LogP contribution in [-0.2, 0) is 0 Å². The minimum Gasteiger partial charge on any atom is -0.337 e. The third kappa shape index (κ3) is 3.68. The fraction of sp³-hybridized carbons (Fsp3) is 0.200. The molecule has 0 spiro atoms. The maximum Gasteiger partial charge on any atom is 0.322 e. The summed E-state index contributed by atoms with van der Waals surface area (Å²) in [6.45, 7) is 0.587. The molecule has 1 atom stereocenters. The maximum absolute atomic E-state index is 12.7. The molecule has 0 aliphatic carbocycles. The molecule has 28 heavy (non-hydrogen) atoms. The van der Waals surface area contributed by atoms with Crippen molar-refractivity contribution >= 4 is 23.3 Å². The van der Waals surface area contributed by atoms with E-state index in [2.05, 4.69) is 21.5 Å². The average molecular weight is 394 g/mol. The molecule has 0 bridgehead atoms. The van der Waals surface area contributed by atoms with Crippen LogP contribution in [0.5, 0.6) is 0 Å². The Kier molecular flexibility index (Phi) is 4.96. The highest BCUT2D eigenvalue weighted by Gasteiger charge is 2.34. The van der Waals surface area contributed by atoms with Crippen LogP contribution < -0.4 is 5.32 Å². The molecule has 1 N–H and O–H groups in total. The second kappa shape index (κ2) is 7.71. The van der Waals surface area contributed by atoms with E-state index in [1.807, 2.05) is 12.1 Å². The second-order valence-electron chi connectivity index (χ2n) is 6.44. The van der Waals surface area contributed by atoms with E-state index in [-0.39, 0.29) is 12.1 Å². The Hall–Kier alpha value is -3.37. The number of hydrogen-bond donors (Lipinski definition) is 1. The summed E-state index contributed by atoms with van der Waals surface area (Å²) in [6.07, 6.45) is 1.58. The van der Waals surface area contributed by atoms with E-state index in [9.17, 15) is 4.79 Å². The molecular weight excluding hydrogens is 378 g/mol. The molecule has 140 valence electrons. The van der Waals surface area contributed by atoms with Crippen LogP contribution >= 0.6 is 11.6 Å². The van der Waals surface area contributed by atoms with Gasteiger partial charge in [-0.3, -0.25) is 0 Å². The molecule has 2 heterocycles. The van der Waals surface area contributed by atoms with Crippen LogP contribution in [0.15, 0.2) is 53.1 Å². The van der Waals surface area contributed by atoms with Crippen molar-refractivity contribution in [1.82, 2.24) is 15.0 Å². The summed E-state index contributed by atoms with van der Waals surface area (Å²) in [5.41, 5.74) is 1.81. The van der Waals surface area contributed by atoms with E-state index in [0.717, 1.165) is 18.4 Å². The van der Waals surface area contributed by atoms with Gasteiger partial charge in [0.1, 0.15) is 6.04 Å². The number of halogens is 1. The summed E-state index contributed by atoms with van der Waals surface area (Å²) < 4.78 is 5.44. The molecule has 1 aromatic heterocycles. The number of nitrogens with zero attached hydrogens (tertiary/aromatic N) is 4. The highest BCUT2D eigenvalue weighted by molar-refractivity contribution is 6.30. The van der Waals surface area contributed by atoms with Crippen molar-refractivity contribution < 1.29 is 9.32 Å². The number of hydrogen-bond acceptors (Lipinski definition) is 5. The highest BCUT2D eigenvalue weighted by Crippen LogP contribution is 2.32. The van der Waals surface area contributed by atoms with Gasteiger partial charge in [0.25, 0.3) is 0 Å². The third-order valence-electron chi connectivity index (χ3n) is 4.57. The van der Waals surface area contributed by atoms with Crippen molar-refractivity contribution in [3.8, 4) is 17.5 Å². The molecule has 3 aromatic rings. The van der Waals surface area contributed by atoms with Gasteiger partial charge >= 0.3 is 6.03 Å². The van der Waals surface area contributed by atoms with E-state index in [4.69, 9.17) is 21.4 Å². The number of rotatable bonds is 3. The predicted molar refractivity (Wildman–Crippen MR) is 104 cm³/mol. The number of likely N-dealkylation sites (tertiary alicyclic amines) is 1. The number of carbonyl (C=O) groups is 1. The van der Waals surface area contributed by atoms with E-state index in [1.54, 1.807) is 41.3 Å². The number of nitriles is 1. The largest absolute Gasteiger partial charge is 0.337 e. The first-order chi connectivity index (χ1) is 13.6. The molecule has 1 unspecified atom stereocenters. The predicted octanol–water partition coefficient (Wildman–Crippen LogP) is 4.63. The van der Waals surface area contributed by atoms with Crippen molar-refractivity contribution in [2.45, 2.75) is 18.9 Å². The van der Waals surface area contributed by atoms with Crippen LogP contribution in [0, 0.1) is 11.3 Å². The van der Waals surface area contributed by atoms with Crippen molar-refractivity contribution in [3.05, 3.63) is 65.0 Å². The SMILES string of the molecule is N#Cc1cccc(NC(=O)N2CCCC2c2nc(-c3cccc(Cl)c3)no2)c1. The van der Waals surface area contributed by atoms with Crippen LogP contribution in [-0.4, -0.2) is 27.6 Å². The van der Waals surface area contributed by atoms with Gasteiger partial charge in [0.2, 0.25) is 11.7 Å². The van der Waals surface area contributed by atoms with Gasteiger partial charge in [-0.05, 0) is 43.2 Å². The Labute approximate surface area is 166 Å². The number of anilines is 1. The Morgan fingerprint density at radius 1 is 1.29 bits per heavy atom. The van der Waals surface area contributed by atoms with Crippen LogP contribution in [0.4, 0.5) is 10.5 Å². The summed E-state index contributed by atoms with van der Waals surface area (Å²) in [4.78, 5) is 18.9. The zero-order valence-corrected chi connectivity index (χ0v) is 15.6. The molecule has 0 saturated carbocycles. The monoisotopic (exact) mass is 393 g/mol. The minimum atomic E-state index is -0.292. The zero-order valence-electron chi connectivity index (χ0n) is 14.8. The lowest BCUT2D eigenvalue weighted by Gasteiger charge is -2.22. The minimum absolute atomic E-state index is 0.264. The van der Waals surface area contributed by atoms with Crippen LogP contribution in [0.1, 0.15) is 30.3 Å². The highest BCUT2D eigenvalue weighted by atomic mass is 35.5. The number of benzene rings is 2. The van der Waals surface area contributed by atoms with E-state index < -0.39 is 0 Å². The van der Waals surface area contributed by atoms with Crippen LogP contribution in [0.25, 0.3) is 11.4 Å². The van der Waals surface area contributed by atoms with Crippen molar-refractivity contribution in [1.29, 1.82) is 5.26 Å². The van der Waals surface area contributed by atoms with E-state index >= 15 is 0 Å². The molecule has 2 aromatic carbocycles. The lowest BCUT2D eigenvalue weighted by Crippen LogP contribution is -2.34. The van der Waals surface area contributed by atoms with Crippen molar-refractivity contribution in [3.63, 3.8) is 0 Å². The molecule has 1 aliphatic rings. The molecule has 1 aliphatic heterocycles. The summed E-state index contributed by atoms with van der Waals surface area (Å²) in [6, 6.07) is 15.5. The lowest BCUT2D eigenvalue weighted by atomic mass is 10.2. The lowest BCUT2D eigenvalue weighted by molar-refractivity contribution is 0.193. The number of carbonyl (C=O) groups excluding carboxylic acids is 1. The summed E-state index contributed by atoms with van der Waals surface area (Å²) in [5.74, 6) is 0.833. The van der Waals surface area contributed by atoms with Crippen LogP contribution in [0.3, 0.4) is 0 Å². The Balaban J connectivity index is 1.52. The standard InChI is InChI=1S/C20H16ClN5O2/c21-15-6-2-5-14(11-15)18-24-19(28-25-18)17-8-3-9-26(17)20(27)23-16-7-1-4-13(10-16)12-22/h1-2,4-7,10-11,17H,3,8-9H2,(H,23,27). The van der Waals surface area contributed by atoms with Gasteiger partial charge in [-0.15, -0.1) is 0 Å². The van der Waals surface area contributed by atoms with Gasteiger partial charge in [-0.25, -0.2) is 4.79 Å². The molecule has 7 nitrogen and oxygen atoms in total. The average Bonchev–Trinajstić information content (AvgIpc) is 3.37. The van der Waals surface area contributed by atoms with E-state index in [1.165, 1.54) is 0 Å². The second-order valence-corrected chi connectivity index (χ2v) is 6.88. The van der Waals surface area contributed by atoms with Gasteiger partial charge in [-0.1, -0.05) is 35.0 Å². The van der Waals surface area contributed by atoms with Gasteiger partial charge < -0.3 is 14.7 Å². The number of aromatic nitrogens is 2. The fourth-order valence-corrected chi connectivity index (χ4v) is 3.43. The smallest absolute Gasteiger partial charge is 0.322 e. The van der Waals surface area contributed by atoms with Gasteiger partial charge in [0.15, 0.2) is 0 Å². The Bertz CT molecular complexity index is 1060. The van der Waals surface area contributed by atoms with Gasteiger partial charge in [0, 0.05) is 22.8 Å². The molecule has 2 amide bonds. The molecule has 0 radical (unpaired) electrons. The summed E-state index contributed by atoms with van der Waals surface area (Å²) in [7, 11) is 0. The van der Waals surface area contributed by atoms with Crippen molar-refractivity contribution in [2.75, 3.05) is 11.9 Å². The zero-order chi connectivity index (χ0) is 19.5. The number of urea groups is 1. The number of amides is 2. The Morgan fingerprint density at radius 2 is 2.14 bits per heavy atom. The van der Waals surface area contributed by atoms with Gasteiger partial charge in [0.05, 0.1) is 11.6 Å². The molecule has 1 saturated heterocycles. The van der Waals surface area contributed by atoms with Crippen molar-refractivity contribution in [2.24, 2.45) is 0 Å². The molecular formula is C20H16ClN5O2. The fourth-order valence-electron chi connectivity index (χ4n) is 3.24. The summed E-state index contributed by atoms with van der Waals surface area (Å²) >= 11 is 6.02. The Morgan fingerprint density at radius 3 is 2.96 bits per heavy atom. The molecule has 4 rings (SSSR count). The quantitative estimate of drug-likeness (QED) is 0.699. The van der Waals surface area contributed by atoms with E-state index in [0.29, 0.717) is 34.5 Å². The summed E-state index contributed by atoms with van der Waals surface area (Å²) in [5, 5.41) is 16.5. The normalized spacial score (nSPS) is 16.0. The maximum atomic E-state index is 12.7. The first kappa shape index (κ1) is 18.0. The topological polar surface area (TPSA) is 95.1 Å². The first-order valence-corrected chi connectivity index (χ1v) is 9.19. The first-order valence-electron chi connectivity index (χ1n) is 8.81. The molecule has 1 fully saturated rings. The molecule has 8 heteroatoms. The van der Waals surface area contributed by atoms with Gasteiger partial charge in [-0.2, -0.15) is 10.2 Å². The number of nitrogens with one attached hydrogen (secondary N) is 1.